The van der Waals surface area contributed by atoms with Crippen molar-refractivity contribution in [2.24, 2.45) is 0 Å². The molecule has 0 aliphatic carbocycles. The zero-order valence-electron chi connectivity index (χ0n) is 8.41. The Balaban J connectivity index is 3.09. The summed E-state index contributed by atoms with van der Waals surface area (Å²) in [4.78, 5) is 14.3. The highest BCUT2D eigenvalue weighted by molar-refractivity contribution is 5.73. The average Bonchev–Trinajstić information content (AvgIpc) is 2.21. The molecule has 0 aliphatic rings. The number of aromatic nitrogens is 1. The van der Waals surface area contributed by atoms with E-state index in [1.54, 1.807) is 0 Å². The molecule has 0 spiro atoms. The van der Waals surface area contributed by atoms with E-state index in [-0.39, 0.29) is 17.8 Å². The molecule has 0 saturated carbocycles. The maximum atomic E-state index is 12.4. The summed E-state index contributed by atoms with van der Waals surface area (Å²) in [5, 5.41) is 9.35. The maximum absolute atomic E-state index is 12.4. The van der Waals surface area contributed by atoms with E-state index in [9.17, 15) is 18.7 Å². The Kier molecular flexibility index (Phi) is 3.60. The SMILES string of the molecule is COC(=O)Cc1nc(C(F)F)c(N)cc1O. The number of aromatic hydroxyl groups is 1. The molecule has 5 nitrogen and oxygen atoms in total. The number of nitrogen functional groups attached to an aromatic ring is 1. The van der Waals surface area contributed by atoms with Gasteiger partial charge in [0.2, 0.25) is 0 Å². The molecule has 0 amide bonds. The summed E-state index contributed by atoms with van der Waals surface area (Å²) >= 11 is 0. The molecule has 88 valence electrons. The minimum atomic E-state index is -2.86. The third-order valence-electron chi connectivity index (χ3n) is 1.89. The summed E-state index contributed by atoms with van der Waals surface area (Å²) in [6.45, 7) is 0. The van der Waals surface area contributed by atoms with Gasteiger partial charge in [0.05, 0.1) is 24.9 Å². The maximum Gasteiger partial charge on any atom is 0.311 e. The van der Waals surface area contributed by atoms with Crippen LogP contribution in [-0.2, 0) is 16.0 Å². The minimum Gasteiger partial charge on any atom is -0.506 e. The normalized spacial score (nSPS) is 10.5. The Hall–Kier alpha value is -1.92. The zero-order valence-corrected chi connectivity index (χ0v) is 8.41. The highest BCUT2D eigenvalue weighted by Gasteiger charge is 2.18. The van der Waals surface area contributed by atoms with E-state index < -0.39 is 23.8 Å². The van der Waals surface area contributed by atoms with Gasteiger partial charge in [-0.25, -0.2) is 13.8 Å². The smallest absolute Gasteiger partial charge is 0.311 e. The molecular weight excluding hydrogens is 222 g/mol. The van der Waals surface area contributed by atoms with Gasteiger partial charge in [-0.2, -0.15) is 0 Å². The second-order valence-corrected chi connectivity index (χ2v) is 2.98. The number of carbonyl (C=O) groups excluding carboxylic acids is 1. The molecule has 1 heterocycles. The van der Waals surface area contributed by atoms with Crippen LogP contribution in [0.25, 0.3) is 0 Å². The topological polar surface area (TPSA) is 85.4 Å². The molecule has 0 atom stereocenters. The van der Waals surface area contributed by atoms with Crippen molar-refractivity contribution in [3.63, 3.8) is 0 Å². The first-order valence-corrected chi connectivity index (χ1v) is 4.29. The Morgan fingerprint density at radius 3 is 2.81 bits per heavy atom. The van der Waals surface area contributed by atoms with E-state index in [4.69, 9.17) is 5.73 Å². The highest BCUT2D eigenvalue weighted by Crippen LogP contribution is 2.28. The van der Waals surface area contributed by atoms with Crippen LogP contribution < -0.4 is 5.73 Å². The first-order valence-electron chi connectivity index (χ1n) is 4.29. The predicted molar refractivity (Wildman–Crippen MR) is 51.0 cm³/mol. The summed E-state index contributed by atoms with van der Waals surface area (Å²) in [6.07, 6.45) is -3.25. The van der Waals surface area contributed by atoms with Crippen LogP contribution in [0.15, 0.2) is 6.07 Å². The van der Waals surface area contributed by atoms with E-state index in [2.05, 4.69) is 9.72 Å². The van der Waals surface area contributed by atoms with Gasteiger partial charge in [0.1, 0.15) is 11.4 Å². The number of nitrogens with two attached hydrogens (primary N) is 1. The van der Waals surface area contributed by atoms with Crippen LogP contribution in [0, 0.1) is 0 Å². The molecule has 1 rings (SSSR count). The van der Waals surface area contributed by atoms with Gasteiger partial charge in [0.15, 0.2) is 0 Å². The van der Waals surface area contributed by atoms with E-state index in [1.807, 2.05) is 0 Å². The molecule has 1 aromatic rings. The molecule has 0 bridgehead atoms. The summed E-state index contributed by atoms with van der Waals surface area (Å²) in [5.74, 6) is -1.10. The zero-order chi connectivity index (χ0) is 12.3. The van der Waals surface area contributed by atoms with Crippen LogP contribution in [0.5, 0.6) is 5.75 Å². The minimum absolute atomic E-state index is 0.184. The van der Waals surface area contributed by atoms with Crippen molar-refractivity contribution in [2.45, 2.75) is 12.8 Å². The fraction of sp³-hybridized carbons (Fsp3) is 0.333. The summed E-state index contributed by atoms with van der Waals surface area (Å²) in [6, 6.07) is 0.937. The molecule has 16 heavy (non-hydrogen) atoms. The molecule has 0 unspecified atom stereocenters. The van der Waals surface area contributed by atoms with E-state index >= 15 is 0 Å². The van der Waals surface area contributed by atoms with Gasteiger partial charge >= 0.3 is 5.97 Å². The first kappa shape index (κ1) is 12.2. The fourth-order valence-corrected chi connectivity index (χ4v) is 1.09. The quantitative estimate of drug-likeness (QED) is 0.760. The number of methoxy groups -OCH3 is 1. The third kappa shape index (κ3) is 2.56. The largest absolute Gasteiger partial charge is 0.506 e. The summed E-state index contributed by atoms with van der Waals surface area (Å²) in [7, 11) is 1.14. The standard InChI is InChI=1S/C9H10F2N2O3/c1-16-7(15)3-5-6(14)2-4(12)8(13-5)9(10)11/h2,9,14H,3,12H2,1H3. The molecule has 0 aliphatic heterocycles. The predicted octanol–water partition coefficient (Wildman–Crippen LogP) is 1.02. The number of pyridine rings is 1. The Morgan fingerprint density at radius 1 is 1.69 bits per heavy atom. The number of anilines is 1. The second-order valence-electron chi connectivity index (χ2n) is 2.98. The van der Waals surface area contributed by atoms with Gasteiger partial charge in [0, 0.05) is 6.07 Å². The Labute approximate surface area is 89.9 Å². The van der Waals surface area contributed by atoms with Gasteiger partial charge in [-0.1, -0.05) is 0 Å². The van der Waals surface area contributed by atoms with Gasteiger partial charge < -0.3 is 15.6 Å². The van der Waals surface area contributed by atoms with E-state index in [1.165, 1.54) is 0 Å². The number of rotatable bonds is 3. The van der Waals surface area contributed by atoms with Crippen molar-refractivity contribution in [3.05, 3.63) is 17.5 Å². The molecule has 1 aromatic heterocycles. The Bertz CT molecular complexity index is 410. The van der Waals surface area contributed by atoms with Gasteiger partial charge in [-0.15, -0.1) is 0 Å². The van der Waals surface area contributed by atoms with Gasteiger partial charge in [-0.05, 0) is 0 Å². The molecular formula is C9H10F2N2O3. The van der Waals surface area contributed by atoms with Crippen molar-refractivity contribution < 1.29 is 23.4 Å². The van der Waals surface area contributed by atoms with Gasteiger partial charge in [-0.3, -0.25) is 4.79 Å². The number of hydrogen-bond acceptors (Lipinski definition) is 5. The van der Waals surface area contributed by atoms with E-state index in [0.717, 1.165) is 13.2 Å². The lowest BCUT2D eigenvalue weighted by Crippen LogP contribution is -2.09. The number of hydrogen-bond donors (Lipinski definition) is 2. The van der Waals surface area contributed by atoms with Crippen molar-refractivity contribution >= 4 is 11.7 Å². The Morgan fingerprint density at radius 2 is 2.31 bits per heavy atom. The van der Waals surface area contributed by atoms with Gasteiger partial charge in [0.25, 0.3) is 6.43 Å². The molecule has 0 radical (unpaired) electrons. The number of halogens is 2. The number of nitrogens with zero attached hydrogens (tertiary/aromatic N) is 1. The van der Waals surface area contributed by atoms with Crippen molar-refractivity contribution in [2.75, 3.05) is 12.8 Å². The number of carbonyl (C=O) groups is 1. The number of ether oxygens (including phenoxy) is 1. The molecule has 7 heteroatoms. The lowest BCUT2D eigenvalue weighted by Gasteiger charge is -2.08. The number of alkyl halides is 2. The van der Waals surface area contributed by atoms with Crippen molar-refractivity contribution in [3.8, 4) is 5.75 Å². The number of esters is 1. The lowest BCUT2D eigenvalue weighted by atomic mass is 10.2. The molecule has 3 N–H and O–H groups in total. The third-order valence-corrected chi connectivity index (χ3v) is 1.89. The second kappa shape index (κ2) is 4.73. The van der Waals surface area contributed by atoms with Crippen LogP contribution in [0.4, 0.5) is 14.5 Å². The van der Waals surface area contributed by atoms with Crippen LogP contribution in [0.2, 0.25) is 0 Å². The average molecular weight is 232 g/mol. The van der Waals surface area contributed by atoms with Crippen LogP contribution in [0.1, 0.15) is 17.8 Å². The molecule has 0 fully saturated rings. The first-order chi connectivity index (χ1) is 7.45. The van der Waals surface area contributed by atoms with Crippen molar-refractivity contribution in [1.82, 2.24) is 4.98 Å². The molecule has 0 aromatic carbocycles. The van der Waals surface area contributed by atoms with Crippen LogP contribution in [0.3, 0.4) is 0 Å². The van der Waals surface area contributed by atoms with Crippen LogP contribution >= 0.6 is 0 Å². The highest BCUT2D eigenvalue weighted by atomic mass is 19.3. The fourth-order valence-electron chi connectivity index (χ4n) is 1.09. The van der Waals surface area contributed by atoms with Crippen molar-refractivity contribution in [1.29, 1.82) is 0 Å². The monoisotopic (exact) mass is 232 g/mol. The summed E-state index contributed by atoms with van der Waals surface area (Å²) < 4.78 is 29.2. The lowest BCUT2D eigenvalue weighted by molar-refractivity contribution is -0.139. The van der Waals surface area contributed by atoms with E-state index in [0.29, 0.717) is 0 Å². The van der Waals surface area contributed by atoms with Crippen LogP contribution in [-0.4, -0.2) is 23.2 Å². The molecule has 0 saturated heterocycles. The summed E-state index contributed by atoms with van der Waals surface area (Å²) in [5.41, 5.74) is 4.08.